The number of ether oxygens (including phenoxy) is 2. The maximum atomic E-state index is 10.8. The predicted octanol–water partition coefficient (Wildman–Crippen LogP) is 2.48. The molecule has 0 aromatic carbocycles. The third-order valence-electron chi connectivity index (χ3n) is 1.95. The Balaban J connectivity index is 2.43. The average Bonchev–Trinajstić information content (AvgIpc) is 2.30. The van der Waals surface area contributed by atoms with Crippen LogP contribution in [0.25, 0.3) is 0 Å². The Morgan fingerprint density at radius 2 is 2.17 bits per heavy atom. The smallest absolute Gasteiger partial charge is 0.356 e. The van der Waals surface area contributed by atoms with Gasteiger partial charge in [-0.15, -0.1) is 0 Å². The first kappa shape index (κ1) is 14.7. The van der Waals surface area contributed by atoms with E-state index in [9.17, 15) is 4.79 Å². The van der Waals surface area contributed by atoms with Crippen molar-refractivity contribution >= 4 is 17.6 Å². The summed E-state index contributed by atoms with van der Waals surface area (Å²) in [4.78, 5) is 14.6. The van der Waals surface area contributed by atoms with Crippen LogP contribution in [0.2, 0.25) is 5.02 Å². The monoisotopic (exact) mass is 273 g/mol. The zero-order valence-electron chi connectivity index (χ0n) is 10.4. The summed E-state index contributed by atoms with van der Waals surface area (Å²) in [5.74, 6) is -0.483. The standard InChI is InChI=1S/C12H16ClNO4/c1-8(2)7-17-5-6-18-10-4-3-9(13)11(14-10)12(15)16/h3-4,8H,5-7H2,1-2H3,(H,15,16). The fourth-order valence-electron chi connectivity index (χ4n) is 1.18. The molecule has 0 unspecified atom stereocenters. The first-order chi connectivity index (χ1) is 8.50. The molecular formula is C12H16ClNO4. The van der Waals surface area contributed by atoms with Crippen LogP contribution in [0.15, 0.2) is 12.1 Å². The van der Waals surface area contributed by atoms with Crippen LogP contribution in [0, 0.1) is 5.92 Å². The fourth-order valence-corrected chi connectivity index (χ4v) is 1.36. The molecule has 1 rings (SSSR count). The van der Waals surface area contributed by atoms with Crippen molar-refractivity contribution in [1.29, 1.82) is 0 Å². The molecule has 0 aliphatic rings. The van der Waals surface area contributed by atoms with Crippen molar-refractivity contribution in [2.75, 3.05) is 19.8 Å². The first-order valence-electron chi connectivity index (χ1n) is 5.61. The minimum atomic E-state index is -1.18. The summed E-state index contributed by atoms with van der Waals surface area (Å²) in [6, 6.07) is 2.97. The van der Waals surface area contributed by atoms with Crippen molar-refractivity contribution in [2.45, 2.75) is 13.8 Å². The van der Waals surface area contributed by atoms with Gasteiger partial charge in [0.2, 0.25) is 5.88 Å². The number of carbonyl (C=O) groups is 1. The van der Waals surface area contributed by atoms with Crippen LogP contribution in [0.1, 0.15) is 24.3 Å². The second-order valence-electron chi connectivity index (χ2n) is 4.10. The van der Waals surface area contributed by atoms with Crippen LogP contribution in [-0.4, -0.2) is 35.9 Å². The van der Waals surface area contributed by atoms with Gasteiger partial charge in [0, 0.05) is 12.7 Å². The van der Waals surface area contributed by atoms with E-state index in [1.54, 1.807) is 0 Å². The molecule has 5 nitrogen and oxygen atoms in total. The minimum absolute atomic E-state index is 0.0888. The molecule has 6 heteroatoms. The van der Waals surface area contributed by atoms with E-state index >= 15 is 0 Å². The number of aromatic nitrogens is 1. The van der Waals surface area contributed by atoms with E-state index in [2.05, 4.69) is 18.8 Å². The first-order valence-corrected chi connectivity index (χ1v) is 5.99. The Kier molecular flexibility index (Phi) is 5.88. The molecule has 1 N–H and O–H groups in total. The number of pyridine rings is 1. The lowest BCUT2D eigenvalue weighted by molar-refractivity contribution is 0.0685. The number of halogens is 1. The molecule has 0 fully saturated rings. The third-order valence-corrected chi connectivity index (χ3v) is 2.26. The van der Waals surface area contributed by atoms with Crippen molar-refractivity contribution < 1.29 is 19.4 Å². The Bertz CT molecular complexity index is 409. The molecule has 0 saturated carbocycles. The largest absolute Gasteiger partial charge is 0.476 e. The van der Waals surface area contributed by atoms with Crippen molar-refractivity contribution in [1.82, 2.24) is 4.98 Å². The van der Waals surface area contributed by atoms with Gasteiger partial charge in [-0.2, -0.15) is 0 Å². The van der Waals surface area contributed by atoms with Gasteiger partial charge < -0.3 is 14.6 Å². The van der Waals surface area contributed by atoms with E-state index < -0.39 is 5.97 Å². The van der Waals surface area contributed by atoms with Gasteiger partial charge in [0.05, 0.1) is 11.6 Å². The van der Waals surface area contributed by atoms with Crippen molar-refractivity contribution in [3.05, 3.63) is 22.8 Å². The summed E-state index contributed by atoms with van der Waals surface area (Å²) in [6.07, 6.45) is 0. The highest BCUT2D eigenvalue weighted by molar-refractivity contribution is 6.33. The maximum Gasteiger partial charge on any atom is 0.356 e. The fraction of sp³-hybridized carbons (Fsp3) is 0.500. The average molecular weight is 274 g/mol. The molecule has 0 saturated heterocycles. The predicted molar refractivity (Wildman–Crippen MR) is 67.4 cm³/mol. The van der Waals surface area contributed by atoms with Gasteiger partial charge in [0.1, 0.15) is 6.61 Å². The van der Waals surface area contributed by atoms with Gasteiger partial charge in [0.15, 0.2) is 5.69 Å². The summed E-state index contributed by atoms with van der Waals surface area (Å²) in [5.41, 5.74) is -0.211. The molecule has 1 heterocycles. The van der Waals surface area contributed by atoms with Crippen LogP contribution in [0.4, 0.5) is 0 Å². The zero-order valence-corrected chi connectivity index (χ0v) is 11.1. The zero-order chi connectivity index (χ0) is 13.5. The quantitative estimate of drug-likeness (QED) is 0.773. The molecule has 100 valence electrons. The van der Waals surface area contributed by atoms with E-state index in [0.717, 1.165) is 0 Å². The van der Waals surface area contributed by atoms with Crippen LogP contribution in [-0.2, 0) is 4.74 Å². The Morgan fingerprint density at radius 3 is 2.78 bits per heavy atom. The Morgan fingerprint density at radius 1 is 1.44 bits per heavy atom. The molecule has 0 atom stereocenters. The van der Waals surface area contributed by atoms with Crippen LogP contribution in [0.5, 0.6) is 5.88 Å². The number of nitrogens with zero attached hydrogens (tertiary/aromatic N) is 1. The summed E-state index contributed by atoms with van der Waals surface area (Å²) < 4.78 is 10.6. The van der Waals surface area contributed by atoms with Crippen molar-refractivity contribution in [3.8, 4) is 5.88 Å². The molecule has 0 spiro atoms. The molecule has 0 amide bonds. The van der Waals surface area contributed by atoms with Gasteiger partial charge in [-0.3, -0.25) is 0 Å². The number of aromatic carboxylic acids is 1. The summed E-state index contributed by atoms with van der Waals surface area (Å²) in [7, 11) is 0. The maximum absolute atomic E-state index is 10.8. The van der Waals surface area contributed by atoms with Gasteiger partial charge in [-0.05, 0) is 12.0 Å². The number of rotatable bonds is 7. The number of carboxylic acids is 1. The second kappa shape index (κ2) is 7.18. The second-order valence-corrected chi connectivity index (χ2v) is 4.51. The highest BCUT2D eigenvalue weighted by atomic mass is 35.5. The number of hydrogen-bond donors (Lipinski definition) is 1. The van der Waals surface area contributed by atoms with Crippen LogP contribution >= 0.6 is 11.6 Å². The Hall–Kier alpha value is -1.33. The molecule has 0 aliphatic heterocycles. The Labute approximate surface area is 111 Å². The van der Waals surface area contributed by atoms with Gasteiger partial charge in [0.25, 0.3) is 0 Å². The number of carboxylic acid groups (broad SMARTS) is 1. The van der Waals surface area contributed by atoms with E-state index in [0.29, 0.717) is 25.7 Å². The van der Waals surface area contributed by atoms with E-state index in [4.69, 9.17) is 26.2 Å². The molecule has 18 heavy (non-hydrogen) atoms. The SMILES string of the molecule is CC(C)COCCOc1ccc(Cl)c(C(=O)O)n1. The minimum Gasteiger partial charge on any atom is -0.476 e. The normalized spacial score (nSPS) is 10.7. The molecular weight excluding hydrogens is 258 g/mol. The molecule has 1 aromatic rings. The number of hydrogen-bond acceptors (Lipinski definition) is 4. The lowest BCUT2D eigenvalue weighted by Gasteiger charge is -2.08. The highest BCUT2D eigenvalue weighted by Crippen LogP contribution is 2.17. The summed E-state index contributed by atoms with van der Waals surface area (Å²) >= 11 is 5.69. The summed E-state index contributed by atoms with van der Waals surface area (Å²) in [6.45, 7) is 5.53. The van der Waals surface area contributed by atoms with E-state index in [1.165, 1.54) is 12.1 Å². The van der Waals surface area contributed by atoms with Crippen LogP contribution < -0.4 is 4.74 Å². The third kappa shape index (κ3) is 4.89. The lowest BCUT2D eigenvalue weighted by atomic mass is 10.2. The van der Waals surface area contributed by atoms with Crippen molar-refractivity contribution in [3.63, 3.8) is 0 Å². The topological polar surface area (TPSA) is 68.7 Å². The molecule has 0 aliphatic carbocycles. The summed E-state index contributed by atoms with van der Waals surface area (Å²) in [5, 5.41) is 8.92. The van der Waals surface area contributed by atoms with Gasteiger partial charge in [-0.25, -0.2) is 9.78 Å². The van der Waals surface area contributed by atoms with E-state index in [-0.39, 0.29) is 16.6 Å². The molecule has 1 aromatic heterocycles. The van der Waals surface area contributed by atoms with Gasteiger partial charge >= 0.3 is 5.97 Å². The molecule has 0 bridgehead atoms. The van der Waals surface area contributed by atoms with Crippen molar-refractivity contribution in [2.24, 2.45) is 5.92 Å². The van der Waals surface area contributed by atoms with Crippen LogP contribution in [0.3, 0.4) is 0 Å². The lowest BCUT2D eigenvalue weighted by Crippen LogP contribution is -2.11. The highest BCUT2D eigenvalue weighted by Gasteiger charge is 2.11. The van der Waals surface area contributed by atoms with E-state index in [1.807, 2.05) is 0 Å². The molecule has 0 radical (unpaired) electrons. The van der Waals surface area contributed by atoms with Gasteiger partial charge in [-0.1, -0.05) is 25.4 Å².